The Hall–Kier alpha value is -1.28. The van der Waals surface area contributed by atoms with Gasteiger partial charge in [-0.05, 0) is 73.0 Å². The van der Waals surface area contributed by atoms with Crippen molar-refractivity contribution in [1.82, 2.24) is 9.71 Å². The molecule has 0 bridgehead atoms. The first-order valence-corrected chi connectivity index (χ1v) is 16.3. The Morgan fingerprint density at radius 1 is 1.16 bits per heavy atom. The molecule has 1 aromatic carbocycles. The van der Waals surface area contributed by atoms with E-state index in [1.54, 1.807) is 0 Å². The molecule has 1 unspecified atom stereocenters. The van der Waals surface area contributed by atoms with Crippen molar-refractivity contribution in [2.24, 2.45) is 5.92 Å². The Labute approximate surface area is 194 Å². The summed E-state index contributed by atoms with van der Waals surface area (Å²) in [6, 6.07) is 3.93. The molecule has 1 aromatic heterocycles. The number of fused-ring (bicyclic) bond motifs is 3. The van der Waals surface area contributed by atoms with E-state index in [1.165, 1.54) is 5.56 Å². The summed E-state index contributed by atoms with van der Waals surface area (Å²) in [5.74, 6) is 0.713. The summed E-state index contributed by atoms with van der Waals surface area (Å²) in [6.45, 7) is 15.7. The average molecular weight is 475 g/mol. The minimum Gasteiger partial charge on any atom is -0.410 e. The second-order valence-electron chi connectivity index (χ2n) is 11.5. The Kier molecular flexibility index (Phi) is 6.10. The molecule has 0 aliphatic heterocycles. The molecule has 32 heavy (non-hydrogen) atoms. The lowest BCUT2D eigenvalue weighted by molar-refractivity contribution is 0.185. The first-order valence-electron chi connectivity index (χ1n) is 11.9. The van der Waals surface area contributed by atoms with Gasteiger partial charge in [-0.1, -0.05) is 34.6 Å². The number of pyridine rings is 1. The van der Waals surface area contributed by atoms with Crippen molar-refractivity contribution in [3.8, 4) is 0 Å². The van der Waals surface area contributed by atoms with Gasteiger partial charge in [0.2, 0.25) is 10.0 Å². The van der Waals surface area contributed by atoms with E-state index in [9.17, 15) is 8.42 Å². The lowest BCUT2D eigenvalue weighted by Crippen LogP contribution is -2.41. The number of hydrogen-bond donors (Lipinski definition) is 1. The summed E-state index contributed by atoms with van der Waals surface area (Å²) in [7, 11) is -5.64. The highest BCUT2D eigenvalue weighted by atomic mass is 32.2. The first kappa shape index (κ1) is 23.9. The van der Waals surface area contributed by atoms with Crippen LogP contribution >= 0.6 is 0 Å². The van der Waals surface area contributed by atoms with Crippen LogP contribution in [0.2, 0.25) is 18.1 Å². The number of sulfonamides is 1. The highest BCUT2D eigenvalue weighted by Crippen LogP contribution is 2.47. The smallest absolute Gasteiger partial charge is 0.241 e. The molecule has 0 saturated heterocycles. The molecule has 2 aliphatic carbocycles. The molecule has 4 rings (SSSR count). The maximum absolute atomic E-state index is 13.4. The van der Waals surface area contributed by atoms with Crippen LogP contribution in [0, 0.1) is 5.92 Å². The summed E-state index contributed by atoms with van der Waals surface area (Å²) in [4.78, 5) is 5.11. The van der Waals surface area contributed by atoms with Crippen LogP contribution in [0.3, 0.4) is 0 Å². The van der Waals surface area contributed by atoms with Crippen LogP contribution in [-0.4, -0.2) is 28.3 Å². The number of aryl methyl sites for hydroxylation is 1. The molecule has 5 nitrogen and oxygen atoms in total. The zero-order chi connectivity index (χ0) is 23.5. The SMILES string of the molecule is CC(C)CNS(=O)(=O)c1cc2c(c3cnc(C4CC4)cc13)CCC2O[Si](C)(C)C(C)(C)C. The van der Waals surface area contributed by atoms with Crippen LogP contribution in [0.4, 0.5) is 0 Å². The number of nitrogens with one attached hydrogen (secondary N) is 1. The van der Waals surface area contributed by atoms with Crippen molar-refractivity contribution in [3.05, 3.63) is 35.2 Å². The number of aromatic nitrogens is 1. The Balaban J connectivity index is 1.84. The summed E-state index contributed by atoms with van der Waals surface area (Å²) in [6.07, 6.45) is 5.92. The van der Waals surface area contributed by atoms with Gasteiger partial charge in [0.05, 0.1) is 11.0 Å². The van der Waals surface area contributed by atoms with Crippen LogP contribution in [0.15, 0.2) is 23.2 Å². The van der Waals surface area contributed by atoms with Gasteiger partial charge in [0, 0.05) is 35.1 Å². The van der Waals surface area contributed by atoms with E-state index in [0.29, 0.717) is 17.4 Å². The Morgan fingerprint density at radius 3 is 2.44 bits per heavy atom. The van der Waals surface area contributed by atoms with Crippen molar-refractivity contribution in [3.63, 3.8) is 0 Å². The van der Waals surface area contributed by atoms with Gasteiger partial charge >= 0.3 is 0 Å². The fourth-order valence-corrected chi connectivity index (χ4v) is 6.97. The monoisotopic (exact) mass is 474 g/mol. The number of nitrogens with zero attached hydrogens (tertiary/aromatic N) is 1. The lowest BCUT2D eigenvalue weighted by atomic mass is 10.0. The standard InChI is InChI=1S/C25H38N2O3SSi/c1-16(2)14-27-31(28,29)24-13-19-18(10-11-23(19)30-32(6,7)25(3,4)5)21-15-26-22(12-20(21)24)17-8-9-17/h12-13,15-17,23,27H,8-11,14H2,1-7H3. The van der Waals surface area contributed by atoms with Gasteiger partial charge < -0.3 is 4.43 Å². The Bertz CT molecular complexity index is 1130. The van der Waals surface area contributed by atoms with Gasteiger partial charge in [0.25, 0.3) is 0 Å². The second kappa shape index (κ2) is 8.19. The van der Waals surface area contributed by atoms with E-state index in [2.05, 4.69) is 38.6 Å². The minimum atomic E-state index is -3.64. The zero-order valence-corrected chi connectivity index (χ0v) is 22.4. The normalized spacial score (nSPS) is 19.7. The molecule has 1 N–H and O–H groups in total. The quantitative estimate of drug-likeness (QED) is 0.496. The molecule has 0 radical (unpaired) electrons. The predicted molar refractivity (Wildman–Crippen MR) is 133 cm³/mol. The lowest BCUT2D eigenvalue weighted by Gasteiger charge is -2.38. The summed E-state index contributed by atoms with van der Waals surface area (Å²) in [5.41, 5.74) is 3.26. The van der Waals surface area contributed by atoms with Gasteiger partial charge in [0.15, 0.2) is 8.32 Å². The molecular formula is C25H38N2O3SSi. The van der Waals surface area contributed by atoms with E-state index >= 15 is 0 Å². The molecule has 176 valence electrons. The van der Waals surface area contributed by atoms with Gasteiger partial charge in [0.1, 0.15) is 0 Å². The highest BCUT2D eigenvalue weighted by Gasteiger charge is 2.41. The van der Waals surface area contributed by atoms with E-state index < -0.39 is 18.3 Å². The van der Waals surface area contributed by atoms with Crippen molar-refractivity contribution in [2.45, 2.75) is 95.4 Å². The van der Waals surface area contributed by atoms with Gasteiger partial charge in [-0.3, -0.25) is 4.98 Å². The molecule has 1 fully saturated rings. The van der Waals surface area contributed by atoms with Crippen LogP contribution < -0.4 is 4.72 Å². The van der Waals surface area contributed by atoms with Crippen LogP contribution in [0.25, 0.3) is 10.8 Å². The number of rotatable bonds is 7. The topological polar surface area (TPSA) is 68.3 Å². The van der Waals surface area contributed by atoms with E-state index in [-0.39, 0.29) is 17.1 Å². The first-order chi connectivity index (χ1) is 14.8. The second-order valence-corrected chi connectivity index (χ2v) is 18.0. The van der Waals surface area contributed by atoms with Crippen molar-refractivity contribution in [2.75, 3.05) is 6.54 Å². The van der Waals surface area contributed by atoms with Gasteiger partial charge in [-0.2, -0.15) is 0 Å². The summed E-state index contributed by atoms with van der Waals surface area (Å²) in [5, 5.41) is 1.88. The maximum atomic E-state index is 13.4. The van der Waals surface area contributed by atoms with E-state index in [0.717, 1.165) is 47.7 Å². The minimum absolute atomic E-state index is 0.0579. The third-order valence-electron chi connectivity index (χ3n) is 7.36. The molecular weight excluding hydrogens is 436 g/mol. The molecule has 0 spiro atoms. The predicted octanol–water partition coefficient (Wildman–Crippen LogP) is 6.06. The van der Waals surface area contributed by atoms with Crippen LogP contribution in [0.5, 0.6) is 0 Å². The molecule has 1 heterocycles. The number of hydrogen-bond acceptors (Lipinski definition) is 4. The fourth-order valence-electron chi connectivity index (χ4n) is 4.21. The van der Waals surface area contributed by atoms with Crippen molar-refractivity contribution < 1.29 is 12.8 Å². The fraction of sp³-hybridized carbons (Fsp3) is 0.640. The summed E-state index contributed by atoms with van der Waals surface area (Å²) < 4.78 is 36.5. The molecule has 2 aromatic rings. The third-order valence-corrected chi connectivity index (χ3v) is 13.3. The average Bonchev–Trinajstić information content (AvgIpc) is 3.46. The van der Waals surface area contributed by atoms with E-state index in [4.69, 9.17) is 9.41 Å². The van der Waals surface area contributed by atoms with Crippen LogP contribution in [-0.2, 0) is 20.9 Å². The Morgan fingerprint density at radius 2 is 1.84 bits per heavy atom. The highest BCUT2D eigenvalue weighted by molar-refractivity contribution is 7.89. The van der Waals surface area contributed by atoms with Gasteiger partial charge in [-0.15, -0.1) is 0 Å². The number of benzene rings is 1. The third kappa shape index (κ3) is 4.54. The molecule has 1 saturated carbocycles. The molecule has 7 heteroatoms. The largest absolute Gasteiger partial charge is 0.410 e. The van der Waals surface area contributed by atoms with Crippen molar-refractivity contribution >= 4 is 29.1 Å². The molecule has 2 aliphatic rings. The van der Waals surface area contributed by atoms with E-state index in [1.807, 2.05) is 32.2 Å². The molecule has 1 atom stereocenters. The molecule has 0 amide bonds. The maximum Gasteiger partial charge on any atom is 0.241 e. The van der Waals surface area contributed by atoms with Crippen LogP contribution in [0.1, 0.15) is 82.7 Å². The zero-order valence-electron chi connectivity index (χ0n) is 20.6. The van der Waals surface area contributed by atoms with Gasteiger partial charge in [-0.25, -0.2) is 13.1 Å². The summed E-state index contributed by atoms with van der Waals surface area (Å²) >= 11 is 0. The van der Waals surface area contributed by atoms with Crippen molar-refractivity contribution in [1.29, 1.82) is 0 Å².